The molecule has 1 fully saturated rings. The molecule has 16 heavy (non-hydrogen) atoms. The minimum Gasteiger partial charge on any atom is -0.393 e. The average Bonchev–Trinajstić information content (AvgIpc) is 2.56. The Morgan fingerprint density at radius 3 is 2.56 bits per heavy atom. The van der Waals surface area contributed by atoms with E-state index in [-0.39, 0.29) is 12.2 Å². The van der Waals surface area contributed by atoms with Crippen molar-refractivity contribution < 1.29 is 9.84 Å². The fourth-order valence-electron chi connectivity index (χ4n) is 2.80. The molecule has 1 N–H and O–H groups in total. The highest BCUT2D eigenvalue weighted by molar-refractivity contribution is 4.91. The van der Waals surface area contributed by atoms with Crippen LogP contribution in [0.15, 0.2) is 12.7 Å². The smallest absolute Gasteiger partial charge is 0.0644 e. The van der Waals surface area contributed by atoms with Crippen LogP contribution in [0, 0.1) is 11.8 Å². The van der Waals surface area contributed by atoms with E-state index in [1.54, 1.807) is 0 Å². The summed E-state index contributed by atoms with van der Waals surface area (Å²) in [5, 5.41) is 9.71. The molecule has 5 atom stereocenters. The molecule has 2 heteroatoms. The quantitative estimate of drug-likeness (QED) is 0.705. The van der Waals surface area contributed by atoms with E-state index in [0.29, 0.717) is 17.9 Å². The predicted molar refractivity (Wildman–Crippen MR) is 67.3 cm³/mol. The zero-order valence-corrected chi connectivity index (χ0v) is 10.9. The van der Waals surface area contributed by atoms with Crippen LogP contribution in [0.2, 0.25) is 0 Å². The van der Waals surface area contributed by atoms with Gasteiger partial charge >= 0.3 is 0 Å². The molecule has 0 aromatic carbocycles. The van der Waals surface area contributed by atoms with Gasteiger partial charge < -0.3 is 9.84 Å². The van der Waals surface area contributed by atoms with Crippen molar-refractivity contribution in [2.24, 2.45) is 11.8 Å². The van der Waals surface area contributed by atoms with Gasteiger partial charge in [-0.2, -0.15) is 0 Å². The van der Waals surface area contributed by atoms with Gasteiger partial charge in [0, 0.05) is 0 Å². The van der Waals surface area contributed by atoms with E-state index in [4.69, 9.17) is 4.74 Å². The lowest BCUT2D eigenvalue weighted by Crippen LogP contribution is -2.22. The van der Waals surface area contributed by atoms with Crippen LogP contribution in [0.3, 0.4) is 0 Å². The minimum atomic E-state index is -0.215. The highest BCUT2D eigenvalue weighted by atomic mass is 16.5. The van der Waals surface area contributed by atoms with Crippen molar-refractivity contribution in [3.8, 4) is 0 Å². The fraction of sp³-hybridized carbons (Fsp3) is 0.857. The Morgan fingerprint density at radius 2 is 2.06 bits per heavy atom. The number of rotatable bonds is 6. The molecule has 1 aliphatic heterocycles. The summed E-state index contributed by atoms with van der Waals surface area (Å²) < 4.78 is 6.06. The van der Waals surface area contributed by atoms with Crippen LogP contribution in [0.5, 0.6) is 0 Å². The van der Waals surface area contributed by atoms with Gasteiger partial charge in [-0.25, -0.2) is 0 Å². The lowest BCUT2D eigenvalue weighted by atomic mass is 9.84. The monoisotopic (exact) mass is 226 g/mol. The summed E-state index contributed by atoms with van der Waals surface area (Å²) in [6.45, 7) is 10.3. The Kier molecular flexibility index (Phi) is 5.50. The van der Waals surface area contributed by atoms with Crippen molar-refractivity contribution in [1.82, 2.24) is 0 Å². The van der Waals surface area contributed by atoms with Crippen molar-refractivity contribution >= 4 is 0 Å². The van der Waals surface area contributed by atoms with E-state index in [2.05, 4.69) is 20.4 Å². The van der Waals surface area contributed by atoms with E-state index < -0.39 is 0 Å². The maximum absolute atomic E-state index is 9.71. The van der Waals surface area contributed by atoms with Crippen LogP contribution in [0.4, 0.5) is 0 Å². The molecule has 0 unspecified atom stereocenters. The molecule has 0 spiro atoms. The van der Waals surface area contributed by atoms with E-state index in [1.807, 2.05) is 13.0 Å². The zero-order chi connectivity index (χ0) is 12.1. The first-order chi connectivity index (χ1) is 7.63. The first-order valence-electron chi connectivity index (χ1n) is 6.58. The molecule has 0 aliphatic carbocycles. The van der Waals surface area contributed by atoms with Gasteiger partial charge in [-0.1, -0.05) is 33.3 Å². The molecule has 1 saturated heterocycles. The van der Waals surface area contributed by atoms with Crippen LogP contribution < -0.4 is 0 Å². The second kappa shape index (κ2) is 6.41. The molecule has 1 rings (SSSR count). The summed E-state index contributed by atoms with van der Waals surface area (Å²) in [6, 6.07) is 0. The second-order valence-corrected chi connectivity index (χ2v) is 4.97. The van der Waals surface area contributed by atoms with Crippen LogP contribution in [0.1, 0.15) is 46.5 Å². The normalized spacial score (nSPS) is 36.2. The van der Waals surface area contributed by atoms with Crippen LogP contribution >= 0.6 is 0 Å². The third-order valence-corrected chi connectivity index (χ3v) is 3.93. The number of aliphatic hydroxyl groups is 1. The molecular weight excluding hydrogens is 200 g/mol. The summed E-state index contributed by atoms with van der Waals surface area (Å²) in [4.78, 5) is 0. The Hall–Kier alpha value is -0.340. The molecule has 0 amide bonds. The molecule has 0 aromatic heterocycles. The van der Waals surface area contributed by atoms with Gasteiger partial charge in [-0.3, -0.25) is 0 Å². The molecule has 0 saturated carbocycles. The van der Waals surface area contributed by atoms with E-state index in [9.17, 15) is 5.11 Å². The highest BCUT2D eigenvalue weighted by Crippen LogP contribution is 2.38. The molecule has 0 bridgehead atoms. The average molecular weight is 226 g/mol. The first-order valence-corrected chi connectivity index (χ1v) is 6.58. The number of hydrogen-bond donors (Lipinski definition) is 1. The molecule has 1 aliphatic rings. The summed E-state index contributed by atoms with van der Waals surface area (Å²) in [5.41, 5.74) is 0. The predicted octanol–water partition coefficient (Wildman–Crippen LogP) is 3.15. The lowest BCUT2D eigenvalue weighted by Gasteiger charge is -2.19. The van der Waals surface area contributed by atoms with Crippen molar-refractivity contribution in [3.05, 3.63) is 12.7 Å². The van der Waals surface area contributed by atoms with Gasteiger partial charge in [0.05, 0.1) is 18.3 Å². The Morgan fingerprint density at radius 1 is 1.38 bits per heavy atom. The number of ether oxygens (including phenoxy) is 1. The van der Waals surface area contributed by atoms with Gasteiger partial charge in [0.2, 0.25) is 0 Å². The van der Waals surface area contributed by atoms with Gasteiger partial charge in [-0.15, -0.1) is 6.58 Å². The number of hydrogen-bond acceptors (Lipinski definition) is 2. The summed E-state index contributed by atoms with van der Waals surface area (Å²) in [7, 11) is 0. The SMILES string of the molecule is C=CC[C@@H]1O[C@H](C[C@H](O)CC)[C@H](C)[C@H]1CC. The van der Waals surface area contributed by atoms with Gasteiger partial charge in [0.1, 0.15) is 0 Å². The van der Waals surface area contributed by atoms with Crippen molar-refractivity contribution in [2.45, 2.75) is 64.8 Å². The van der Waals surface area contributed by atoms with E-state index >= 15 is 0 Å². The maximum atomic E-state index is 9.71. The van der Waals surface area contributed by atoms with Gasteiger partial charge in [0.15, 0.2) is 0 Å². The van der Waals surface area contributed by atoms with Gasteiger partial charge in [-0.05, 0) is 31.1 Å². The molecule has 0 aromatic rings. The molecular formula is C14H26O2. The maximum Gasteiger partial charge on any atom is 0.0644 e. The topological polar surface area (TPSA) is 29.5 Å². The molecule has 0 radical (unpaired) electrons. The molecule has 1 heterocycles. The van der Waals surface area contributed by atoms with Crippen LogP contribution in [-0.2, 0) is 4.74 Å². The summed E-state index contributed by atoms with van der Waals surface area (Å²) in [5.74, 6) is 1.17. The molecule has 94 valence electrons. The minimum absolute atomic E-state index is 0.215. The number of aliphatic hydroxyl groups excluding tert-OH is 1. The summed E-state index contributed by atoms with van der Waals surface area (Å²) in [6.07, 6.45) is 5.94. The Balaban J connectivity index is 2.58. The third kappa shape index (κ3) is 3.08. The summed E-state index contributed by atoms with van der Waals surface area (Å²) >= 11 is 0. The largest absolute Gasteiger partial charge is 0.393 e. The zero-order valence-electron chi connectivity index (χ0n) is 10.9. The van der Waals surface area contributed by atoms with E-state index in [1.165, 1.54) is 0 Å². The molecule has 2 nitrogen and oxygen atoms in total. The Labute approximate surface area is 99.7 Å². The second-order valence-electron chi connectivity index (χ2n) is 4.97. The van der Waals surface area contributed by atoms with Gasteiger partial charge in [0.25, 0.3) is 0 Å². The Bertz CT molecular complexity index is 215. The standard InChI is InChI=1S/C14H26O2/c1-5-8-13-12(7-3)10(4)14(16-13)9-11(15)6-2/h5,10-15H,1,6-9H2,2-4H3/t10-,11-,12-,13+,14-/m1/s1. The van der Waals surface area contributed by atoms with Crippen LogP contribution in [0.25, 0.3) is 0 Å². The fourth-order valence-corrected chi connectivity index (χ4v) is 2.80. The lowest BCUT2D eigenvalue weighted by molar-refractivity contribution is 0.000331. The van der Waals surface area contributed by atoms with Crippen LogP contribution in [-0.4, -0.2) is 23.4 Å². The first kappa shape index (κ1) is 13.7. The van der Waals surface area contributed by atoms with E-state index in [0.717, 1.165) is 25.7 Å². The van der Waals surface area contributed by atoms with Crippen molar-refractivity contribution in [3.63, 3.8) is 0 Å². The highest BCUT2D eigenvalue weighted by Gasteiger charge is 2.40. The van der Waals surface area contributed by atoms with Crippen molar-refractivity contribution in [2.75, 3.05) is 0 Å². The van der Waals surface area contributed by atoms with Crippen molar-refractivity contribution in [1.29, 1.82) is 0 Å². The third-order valence-electron chi connectivity index (χ3n) is 3.93.